The van der Waals surface area contributed by atoms with Gasteiger partial charge in [-0.25, -0.2) is 9.13 Å². The number of nitrogens with one attached hydrogen (secondary N) is 1. The third-order valence-corrected chi connectivity index (χ3v) is 9.66. The Morgan fingerprint density at radius 2 is 1.40 bits per heavy atom. The molecule has 276 valence electrons. The van der Waals surface area contributed by atoms with E-state index in [4.69, 9.17) is 18.1 Å². The molecule has 0 spiro atoms. The molecular formula is C36H52N2O10P2. The summed E-state index contributed by atoms with van der Waals surface area (Å²) in [5.74, 6) is -1.33. The van der Waals surface area contributed by atoms with Crippen LogP contribution in [0.15, 0.2) is 65.3 Å². The zero-order valence-electron chi connectivity index (χ0n) is 29.9. The first-order valence-corrected chi connectivity index (χ1v) is 20.0. The molecule has 0 saturated heterocycles. The van der Waals surface area contributed by atoms with E-state index in [0.717, 1.165) is 50.2 Å². The predicted octanol–water partition coefficient (Wildman–Crippen LogP) is 10.1. The Hall–Kier alpha value is -3.37. The van der Waals surface area contributed by atoms with Crippen LogP contribution in [-0.2, 0) is 18.2 Å². The van der Waals surface area contributed by atoms with E-state index < -0.39 is 21.6 Å². The maximum absolute atomic E-state index is 14.2. The molecule has 1 amide bonds. The Morgan fingerprint density at radius 1 is 0.820 bits per heavy atom. The number of unbranched alkanes of at least 4 members (excludes halogenated alkanes) is 2. The van der Waals surface area contributed by atoms with Crippen LogP contribution in [0.25, 0.3) is 0 Å². The lowest BCUT2D eigenvalue weighted by molar-refractivity contribution is 0.0990. The highest BCUT2D eigenvalue weighted by molar-refractivity contribution is 7.48. The van der Waals surface area contributed by atoms with Crippen molar-refractivity contribution in [2.45, 2.75) is 92.9 Å². The average molecular weight is 735 g/mol. The van der Waals surface area contributed by atoms with Gasteiger partial charge in [-0.15, -0.1) is 0 Å². The second kappa shape index (κ2) is 19.3. The normalized spacial score (nSPS) is 15.6. The maximum Gasteiger partial charge on any atom is 0.527 e. The van der Waals surface area contributed by atoms with Gasteiger partial charge in [0.25, 0.3) is 5.91 Å². The molecule has 2 aromatic carbocycles. The zero-order valence-corrected chi connectivity index (χ0v) is 31.7. The van der Waals surface area contributed by atoms with Crippen LogP contribution >= 0.6 is 15.6 Å². The zero-order chi connectivity index (χ0) is 36.9. The van der Waals surface area contributed by atoms with Gasteiger partial charge in [-0.3, -0.25) is 23.6 Å². The summed E-state index contributed by atoms with van der Waals surface area (Å²) in [7, 11) is -9.29. The van der Waals surface area contributed by atoms with E-state index in [1.165, 1.54) is 40.3 Å². The number of rotatable bonds is 20. The molecule has 14 heteroatoms. The largest absolute Gasteiger partial charge is 0.527 e. The minimum atomic E-state index is -4.68. The van der Waals surface area contributed by atoms with Gasteiger partial charge in [-0.1, -0.05) is 67.7 Å². The molecule has 3 rings (SSSR count). The van der Waals surface area contributed by atoms with Gasteiger partial charge in [0.2, 0.25) is 0 Å². The Morgan fingerprint density at radius 3 is 2.00 bits per heavy atom. The lowest BCUT2D eigenvalue weighted by atomic mass is 10.1. The molecular weight excluding hydrogens is 682 g/mol. The van der Waals surface area contributed by atoms with Crippen molar-refractivity contribution in [3.05, 3.63) is 70.8 Å². The molecule has 0 aromatic heterocycles. The monoisotopic (exact) mass is 734 g/mol. The molecule has 1 aliphatic rings. The van der Waals surface area contributed by atoms with Crippen molar-refractivity contribution in [2.75, 3.05) is 30.0 Å². The summed E-state index contributed by atoms with van der Waals surface area (Å²) in [6.45, 7) is 12.1. The lowest BCUT2D eigenvalue weighted by Gasteiger charge is -2.24. The molecule has 0 aliphatic carbocycles. The standard InChI is InChI=1S/C36H52N2O10P2/c1-7-9-22-45-49(41,42)47-32-19-13-18-30-34(32)37-35-31(24-29(39)25-33(35)48-50(43,44)46-23-10-8-2)38(36(30)40)21-20-28(6)17-12-16-27(5)15-11-14-26(3)4/h13-14,16,18-20,24-25,37,39H,7-12,15,17,21-23H2,1-6H3,(H,41,42)(H,43,44)/b27-16+,28-20+. The molecule has 0 radical (unpaired) electrons. The molecule has 0 fully saturated rings. The minimum Gasteiger partial charge on any atom is -0.508 e. The van der Waals surface area contributed by atoms with Gasteiger partial charge in [0.05, 0.1) is 30.2 Å². The molecule has 12 nitrogen and oxygen atoms in total. The maximum atomic E-state index is 14.2. The van der Waals surface area contributed by atoms with Crippen LogP contribution in [0.2, 0.25) is 0 Å². The first kappa shape index (κ1) is 41.1. The molecule has 2 unspecified atom stereocenters. The minimum absolute atomic E-state index is 0.000689. The van der Waals surface area contributed by atoms with Gasteiger partial charge in [0, 0.05) is 18.7 Å². The van der Waals surface area contributed by atoms with Crippen LogP contribution in [-0.4, -0.2) is 40.6 Å². The number of nitrogens with zero attached hydrogens (tertiary/aromatic N) is 1. The number of phosphoric acid groups is 2. The van der Waals surface area contributed by atoms with E-state index in [1.807, 2.05) is 26.8 Å². The van der Waals surface area contributed by atoms with E-state index in [-0.39, 0.29) is 59.6 Å². The number of benzene rings is 2. The Bertz CT molecular complexity index is 1670. The third kappa shape index (κ3) is 12.7. The fourth-order valence-electron chi connectivity index (χ4n) is 5.01. The number of allylic oxidation sites excluding steroid dienone is 5. The molecule has 0 bridgehead atoms. The van der Waals surface area contributed by atoms with Gasteiger partial charge in [-0.2, -0.15) is 0 Å². The van der Waals surface area contributed by atoms with Crippen molar-refractivity contribution < 1.29 is 46.9 Å². The highest BCUT2D eigenvalue weighted by Crippen LogP contribution is 2.54. The number of carbonyl (C=O) groups excluding carboxylic acids is 1. The average Bonchev–Trinajstić information content (AvgIpc) is 3.14. The van der Waals surface area contributed by atoms with E-state index in [0.29, 0.717) is 12.8 Å². The number of hydrogen-bond acceptors (Lipinski definition) is 9. The Balaban J connectivity index is 2.03. The van der Waals surface area contributed by atoms with Crippen molar-refractivity contribution in [1.29, 1.82) is 0 Å². The number of anilines is 3. The number of hydrogen-bond donors (Lipinski definition) is 4. The first-order valence-electron chi connectivity index (χ1n) is 17.0. The van der Waals surface area contributed by atoms with Crippen molar-refractivity contribution in [3.8, 4) is 17.2 Å². The highest BCUT2D eigenvalue weighted by Gasteiger charge is 2.35. The summed E-state index contributed by atoms with van der Waals surface area (Å²) in [6.07, 6.45) is 12.4. The number of carbonyl (C=O) groups is 1. The van der Waals surface area contributed by atoms with Crippen LogP contribution in [0, 0.1) is 0 Å². The first-order chi connectivity index (χ1) is 23.7. The van der Waals surface area contributed by atoms with Crippen molar-refractivity contribution in [1.82, 2.24) is 0 Å². The highest BCUT2D eigenvalue weighted by atomic mass is 31.2. The summed E-state index contributed by atoms with van der Waals surface area (Å²) < 4.78 is 47.0. The van der Waals surface area contributed by atoms with Crippen LogP contribution in [0.5, 0.6) is 17.2 Å². The topological polar surface area (TPSA) is 164 Å². The fraction of sp³-hybridized carbons (Fsp3) is 0.472. The predicted molar refractivity (Wildman–Crippen MR) is 198 cm³/mol. The van der Waals surface area contributed by atoms with E-state index in [9.17, 15) is 28.8 Å². The van der Waals surface area contributed by atoms with E-state index >= 15 is 0 Å². The molecule has 0 saturated carbocycles. The number of phosphoric ester groups is 2. The number of para-hydroxylation sites is 1. The number of amides is 1. The van der Waals surface area contributed by atoms with Crippen LogP contribution < -0.4 is 19.3 Å². The smallest absolute Gasteiger partial charge is 0.508 e. The summed E-state index contributed by atoms with van der Waals surface area (Å²) in [6, 6.07) is 6.85. The van der Waals surface area contributed by atoms with Crippen LogP contribution in [0.1, 0.15) is 103 Å². The molecule has 2 aromatic rings. The SMILES string of the molecule is CCCCOP(=O)(O)Oc1cccc2c1Nc1c(OP(=O)(O)OCCCC)cc(O)cc1N(C/C=C(\C)CC/C=C(\C)CCC=C(C)C)C2=O. The van der Waals surface area contributed by atoms with Crippen molar-refractivity contribution in [3.63, 3.8) is 0 Å². The van der Waals surface area contributed by atoms with Gasteiger partial charge < -0.3 is 24.4 Å². The quantitative estimate of drug-likeness (QED) is 0.0443. The second-order valence-corrected chi connectivity index (χ2v) is 15.3. The Labute approximate surface area is 296 Å². The molecule has 2 atom stereocenters. The van der Waals surface area contributed by atoms with Crippen molar-refractivity contribution in [2.24, 2.45) is 0 Å². The summed E-state index contributed by atoms with van der Waals surface area (Å²) in [5.41, 5.74) is 3.85. The van der Waals surface area contributed by atoms with E-state index in [1.54, 1.807) is 0 Å². The lowest BCUT2D eigenvalue weighted by Crippen LogP contribution is -2.30. The molecule has 1 aliphatic heterocycles. The van der Waals surface area contributed by atoms with Gasteiger partial charge >= 0.3 is 15.6 Å². The Kier molecular flexibility index (Phi) is 15.8. The number of aromatic hydroxyl groups is 1. The summed E-state index contributed by atoms with van der Waals surface area (Å²) in [4.78, 5) is 36.6. The number of phenolic OH excluding ortho intramolecular Hbond substituents is 1. The van der Waals surface area contributed by atoms with Gasteiger partial charge in [-0.05, 0) is 78.4 Å². The van der Waals surface area contributed by atoms with Crippen LogP contribution in [0.3, 0.4) is 0 Å². The van der Waals surface area contributed by atoms with Gasteiger partial charge in [0.15, 0.2) is 11.5 Å². The number of phenols is 1. The molecule has 4 N–H and O–H groups in total. The second-order valence-electron chi connectivity index (χ2n) is 12.5. The summed E-state index contributed by atoms with van der Waals surface area (Å²) in [5, 5.41) is 13.8. The number of fused-ring (bicyclic) bond motifs is 2. The van der Waals surface area contributed by atoms with E-state index in [2.05, 4.69) is 38.2 Å². The van der Waals surface area contributed by atoms with Crippen LogP contribution in [0.4, 0.5) is 17.1 Å². The molecule has 1 heterocycles. The summed E-state index contributed by atoms with van der Waals surface area (Å²) >= 11 is 0. The molecule has 50 heavy (non-hydrogen) atoms. The van der Waals surface area contributed by atoms with Crippen molar-refractivity contribution >= 4 is 38.6 Å². The fourth-order valence-corrected chi connectivity index (χ4v) is 6.63. The van der Waals surface area contributed by atoms with Gasteiger partial charge in [0.1, 0.15) is 11.4 Å². The third-order valence-electron chi connectivity index (χ3n) is 7.79.